The summed E-state index contributed by atoms with van der Waals surface area (Å²) in [5.41, 5.74) is 1.60. The minimum Gasteiger partial charge on any atom is -0.437 e. The van der Waals surface area contributed by atoms with Crippen molar-refractivity contribution >= 4 is 27.8 Å². The van der Waals surface area contributed by atoms with Gasteiger partial charge in [-0.25, -0.2) is 18.0 Å². The molecular weight excluding hydrogens is 408 g/mol. The number of hydrogen-bond donors (Lipinski definition) is 1. The van der Waals surface area contributed by atoms with Crippen molar-refractivity contribution in [1.29, 1.82) is 0 Å². The van der Waals surface area contributed by atoms with Gasteiger partial charge in [-0.15, -0.1) is 0 Å². The summed E-state index contributed by atoms with van der Waals surface area (Å²) in [5.74, 6) is -1.88. The van der Waals surface area contributed by atoms with Gasteiger partial charge in [0.05, 0.1) is 4.90 Å². The molecule has 0 spiro atoms. The molecular formula is C21H22N2O6S. The first kappa shape index (κ1) is 21.7. The number of carbonyl (C=O) groups is 3. The third kappa shape index (κ3) is 4.42. The Morgan fingerprint density at radius 1 is 1.13 bits per heavy atom. The molecule has 1 heterocycles. The summed E-state index contributed by atoms with van der Waals surface area (Å²) < 4.78 is 32.7. The first-order valence-electron chi connectivity index (χ1n) is 9.31. The van der Waals surface area contributed by atoms with Crippen LogP contribution in [0.4, 0.5) is 0 Å². The molecule has 0 aromatic heterocycles. The minimum absolute atomic E-state index is 0.0786. The van der Waals surface area contributed by atoms with Crippen LogP contribution in [0.25, 0.3) is 0 Å². The van der Waals surface area contributed by atoms with E-state index in [4.69, 9.17) is 4.74 Å². The van der Waals surface area contributed by atoms with Crippen LogP contribution >= 0.6 is 0 Å². The Morgan fingerprint density at radius 3 is 2.40 bits per heavy atom. The summed E-state index contributed by atoms with van der Waals surface area (Å²) in [6.07, 6.45) is -1.46. The Kier molecular flexibility index (Phi) is 6.04. The molecule has 8 nitrogen and oxygen atoms in total. The lowest BCUT2D eigenvalue weighted by Gasteiger charge is -2.24. The molecule has 2 aromatic carbocycles. The zero-order chi connectivity index (χ0) is 22.1. The molecule has 0 radical (unpaired) electrons. The highest BCUT2D eigenvalue weighted by atomic mass is 32.2. The van der Waals surface area contributed by atoms with Gasteiger partial charge in [0.1, 0.15) is 0 Å². The second kappa shape index (κ2) is 8.37. The lowest BCUT2D eigenvalue weighted by molar-refractivity contribution is -0.158. The summed E-state index contributed by atoms with van der Waals surface area (Å²) >= 11 is 0. The number of nitrogens with one attached hydrogen (secondary N) is 1. The van der Waals surface area contributed by atoms with Crippen molar-refractivity contribution in [2.24, 2.45) is 0 Å². The van der Waals surface area contributed by atoms with E-state index in [0.29, 0.717) is 5.56 Å². The van der Waals surface area contributed by atoms with E-state index >= 15 is 0 Å². The average molecular weight is 430 g/mol. The molecule has 0 aliphatic carbocycles. The van der Waals surface area contributed by atoms with Gasteiger partial charge in [-0.1, -0.05) is 35.9 Å². The number of hydrogen-bond acceptors (Lipinski definition) is 6. The maximum atomic E-state index is 12.9. The van der Waals surface area contributed by atoms with Crippen LogP contribution in [0, 0.1) is 6.92 Å². The average Bonchev–Trinajstić information content (AvgIpc) is 2.93. The number of carbonyl (C=O) groups excluding carboxylic acids is 3. The highest BCUT2D eigenvalue weighted by Crippen LogP contribution is 2.35. The second-order valence-corrected chi connectivity index (χ2v) is 8.87. The third-order valence-corrected chi connectivity index (χ3v) is 6.23. The summed E-state index contributed by atoms with van der Waals surface area (Å²) in [6, 6.07) is 12.0. The van der Waals surface area contributed by atoms with E-state index in [1.54, 1.807) is 36.4 Å². The summed E-state index contributed by atoms with van der Waals surface area (Å²) in [6.45, 7) is 4.56. The van der Waals surface area contributed by atoms with Crippen molar-refractivity contribution in [3.63, 3.8) is 0 Å². The highest BCUT2D eigenvalue weighted by Gasteiger charge is 2.42. The molecule has 0 fully saturated rings. The van der Waals surface area contributed by atoms with Gasteiger partial charge in [-0.3, -0.25) is 14.4 Å². The fourth-order valence-corrected chi connectivity index (χ4v) is 4.50. The molecule has 1 aliphatic heterocycles. The smallest absolute Gasteiger partial charge is 0.304 e. The van der Waals surface area contributed by atoms with Crippen molar-refractivity contribution < 1.29 is 27.5 Å². The number of ether oxygens (including phenoxy) is 1. The quantitative estimate of drug-likeness (QED) is 0.704. The second-order valence-electron chi connectivity index (χ2n) is 7.16. The van der Waals surface area contributed by atoms with E-state index in [1.165, 1.54) is 26.0 Å². The first-order chi connectivity index (χ1) is 14.1. The van der Waals surface area contributed by atoms with E-state index in [9.17, 15) is 22.8 Å². The van der Waals surface area contributed by atoms with Crippen molar-refractivity contribution in [2.45, 2.75) is 44.4 Å². The standard InChI is InChI=1S/C21H22N2O6S/c1-13-8-10-16(11-9-13)30(27,28)22-14(2)12-19(25)23-20(26)17-6-4-5-7-18(17)21(23)29-15(3)24/h4-11,14,21-22H,12H2,1-3H3. The van der Waals surface area contributed by atoms with Crippen molar-refractivity contribution in [3.05, 3.63) is 65.2 Å². The van der Waals surface area contributed by atoms with E-state index in [1.807, 2.05) is 6.92 Å². The number of sulfonamides is 1. The zero-order valence-electron chi connectivity index (χ0n) is 16.8. The lowest BCUT2D eigenvalue weighted by Crippen LogP contribution is -2.41. The third-order valence-electron chi connectivity index (χ3n) is 4.63. The Bertz CT molecular complexity index is 1090. The molecule has 0 bridgehead atoms. The molecule has 1 aliphatic rings. The molecule has 0 saturated carbocycles. The maximum absolute atomic E-state index is 12.9. The molecule has 30 heavy (non-hydrogen) atoms. The minimum atomic E-state index is -3.84. The van der Waals surface area contributed by atoms with Crippen LogP contribution < -0.4 is 4.72 Å². The van der Waals surface area contributed by atoms with Crippen LogP contribution in [0.3, 0.4) is 0 Å². The van der Waals surface area contributed by atoms with Gasteiger partial charge in [-0.05, 0) is 32.0 Å². The van der Waals surface area contributed by atoms with Crippen LogP contribution in [0.2, 0.25) is 0 Å². The zero-order valence-corrected chi connectivity index (χ0v) is 17.6. The fourth-order valence-electron chi connectivity index (χ4n) is 3.25. The number of imide groups is 1. The SMILES string of the molecule is CC(=O)OC1c2ccccc2C(=O)N1C(=O)CC(C)NS(=O)(=O)c1ccc(C)cc1. The summed E-state index contributed by atoms with van der Waals surface area (Å²) in [7, 11) is -3.84. The maximum Gasteiger partial charge on any atom is 0.304 e. The number of fused-ring (bicyclic) bond motifs is 1. The van der Waals surface area contributed by atoms with Crippen LogP contribution in [-0.2, 0) is 24.3 Å². The summed E-state index contributed by atoms with van der Waals surface area (Å²) in [4.78, 5) is 38.1. The summed E-state index contributed by atoms with van der Waals surface area (Å²) in [5, 5.41) is 0. The number of rotatable bonds is 6. The van der Waals surface area contributed by atoms with Gasteiger partial charge < -0.3 is 4.74 Å². The van der Waals surface area contributed by atoms with Gasteiger partial charge in [0, 0.05) is 30.5 Å². The number of nitrogens with zero attached hydrogens (tertiary/aromatic N) is 1. The fraction of sp³-hybridized carbons (Fsp3) is 0.286. The van der Waals surface area contributed by atoms with E-state index < -0.39 is 40.1 Å². The predicted molar refractivity (Wildman–Crippen MR) is 108 cm³/mol. The van der Waals surface area contributed by atoms with Gasteiger partial charge >= 0.3 is 5.97 Å². The van der Waals surface area contributed by atoms with Crippen molar-refractivity contribution in [1.82, 2.24) is 9.62 Å². The lowest BCUT2D eigenvalue weighted by atomic mass is 10.1. The number of esters is 1. The van der Waals surface area contributed by atoms with E-state index in [2.05, 4.69) is 4.72 Å². The molecule has 2 amide bonds. The Morgan fingerprint density at radius 2 is 1.77 bits per heavy atom. The molecule has 9 heteroatoms. The molecule has 3 rings (SSSR count). The van der Waals surface area contributed by atoms with Crippen LogP contribution in [0.15, 0.2) is 53.4 Å². The van der Waals surface area contributed by atoms with Crippen LogP contribution in [0.1, 0.15) is 48.0 Å². The first-order valence-corrected chi connectivity index (χ1v) is 10.8. The number of amides is 2. The molecule has 0 saturated heterocycles. The normalized spacial score (nSPS) is 16.8. The molecule has 2 unspecified atom stereocenters. The predicted octanol–water partition coefficient (Wildman–Crippen LogP) is 2.30. The Balaban J connectivity index is 1.76. The van der Waals surface area contributed by atoms with Crippen LogP contribution in [0.5, 0.6) is 0 Å². The monoisotopic (exact) mass is 430 g/mol. The molecule has 158 valence electrons. The van der Waals surface area contributed by atoms with Gasteiger partial charge in [-0.2, -0.15) is 0 Å². The van der Waals surface area contributed by atoms with Crippen molar-refractivity contribution in [3.8, 4) is 0 Å². The van der Waals surface area contributed by atoms with Crippen LogP contribution in [-0.4, -0.2) is 37.1 Å². The number of benzene rings is 2. The molecule has 2 atom stereocenters. The topological polar surface area (TPSA) is 110 Å². The van der Waals surface area contributed by atoms with E-state index in [0.717, 1.165) is 10.5 Å². The largest absolute Gasteiger partial charge is 0.437 e. The van der Waals surface area contributed by atoms with Gasteiger partial charge in [0.15, 0.2) is 0 Å². The molecule has 2 aromatic rings. The Hall–Kier alpha value is -3.04. The van der Waals surface area contributed by atoms with Gasteiger partial charge in [0.25, 0.3) is 5.91 Å². The number of aryl methyl sites for hydroxylation is 1. The van der Waals surface area contributed by atoms with E-state index in [-0.39, 0.29) is 16.9 Å². The Labute approximate surface area is 174 Å². The van der Waals surface area contributed by atoms with Gasteiger partial charge in [0.2, 0.25) is 22.2 Å². The molecule has 1 N–H and O–H groups in total. The van der Waals surface area contributed by atoms with Crippen molar-refractivity contribution in [2.75, 3.05) is 0 Å². The highest BCUT2D eigenvalue weighted by molar-refractivity contribution is 7.89.